The smallest absolute Gasteiger partial charge is 0.256 e. The van der Waals surface area contributed by atoms with Gasteiger partial charge in [-0.15, -0.1) is 0 Å². The van der Waals surface area contributed by atoms with Crippen LogP contribution in [-0.4, -0.2) is 46.9 Å². The average Bonchev–Trinajstić information content (AvgIpc) is 3.33. The van der Waals surface area contributed by atoms with Crippen LogP contribution in [0.2, 0.25) is 0 Å². The summed E-state index contributed by atoms with van der Waals surface area (Å²) in [5.74, 6) is -0.0171. The molecule has 0 saturated carbocycles. The van der Waals surface area contributed by atoms with E-state index < -0.39 is 0 Å². The lowest BCUT2D eigenvalue weighted by molar-refractivity contribution is -0.119. The third-order valence-corrected chi connectivity index (χ3v) is 7.00. The maximum Gasteiger partial charge on any atom is 0.256 e. The Morgan fingerprint density at radius 1 is 1.05 bits per heavy atom. The van der Waals surface area contributed by atoms with E-state index in [2.05, 4.69) is 88.4 Å². The number of halogens is 1. The third kappa shape index (κ3) is 7.45. The number of hydrogen-bond donors (Lipinski definition) is 3. The SMILES string of the molecule is CC(=O)NCCN(C(C)C)C(C)C.Cc1cc(C)c(/C=C2\C(=O)Nc3cccc(-c4cccc(Br)c4)c32)[nH]1. The Morgan fingerprint density at radius 2 is 1.74 bits per heavy atom. The van der Waals surface area contributed by atoms with Crippen LogP contribution < -0.4 is 10.6 Å². The number of aryl methyl sites for hydroxylation is 2. The van der Waals surface area contributed by atoms with E-state index in [4.69, 9.17) is 0 Å². The molecule has 0 saturated heterocycles. The van der Waals surface area contributed by atoms with Crippen molar-refractivity contribution in [3.63, 3.8) is 0 Å². The number of rotatable bonds is 7. The number of nitrogens with one attached hydrogen (secondary N) is 3. The van der Waals surface area contributed by atoms with Crippen molar-refractivity contribution in [2.45, 2.75) is 60.5 Å². The molecular weight excluding hydrogens is 540 g/mol. The van der Waals surface area contributed by atoms with Crippen LogP contribution in [0.3, 0.4) is 0 Å². The molecule has 0 radical (unpaired) electrons. The summed E-state index contributed by atoms with van der Waals surface area (Å²) in [6, 6.07) is 17.3. The van der Waals surface area contributed by atoms with Gasteiger partial charge in [0.2, 0.25) is 5.91 Å². The second-order valence-electron chi connectivity index (χ2n) is 10.2. The van der Waals surface area contributed by atoms with Crippen molar-refractivity contribution in [2.24, 2.45) is 0 Å². The van der Waals surface area contributed by atoms with E-state index in [1.54, 1.807) is 6.92 Å². The highest BCUT2D eigenvalue weighted by molar-refractivity contribution is 9.10. The second-order valence-corrected chi connectivity index (χ2v) is 11.1. The van der Waals surface area contributed by atoms with Crippen LogP contribution in [-0.2, 0) is 9.59 Å². The summed E-state index contributed by atoms with van der Waals surface area (Å²) in [5, 5.41) is 5.79. The zero-order chi connectivity index (χ0) is 28.0. The minimum absolute atomic E-state index is 0.0486. The lowest BCUT2D eigenvalue weighted by atomic mass is 9.94. The predicted octanol–water partition coefficient (Wildman–Crippen LogP) is 6.80. The molecule has 6 nitrogen and oxygen atoms in total. The molecule has 2 amide bonds. The molecule has 3 N–H and O–H groups in total. The molecule has 0 bridgehead atoms. The molecule has 0 unspecified atom stereocenters. The molecule has 1 aliphatic heterocycles. The number of benzene rings is 2. The number of fused-ring (bicyclic) bond motifs is 1. The van der Waals surface area contributed by atoms with Crippen molar-refractivity contribution in [3.8, 4) is 11.1 Å². The van der Waals surface area contributed by atoms with Crippen LogP contribution in [0.25, 0.3) is 22.8 Å². The quantitative estimate of drug-likeness (QED) is 0.270. The summed E-state index contributed by atoms with van der Waals surface area (Å²) >= 11 is 3.53. The number of nitrogens with zero attached hydrogens (tertiary/aromatic N) is 1. The highest BCUT2D eigenvalue weighted by Gasteiger charge is 2.27. The van der Waals surface area contributed by atoms with Crippen molar-refractivity contribution >= 4 is 45.1 Å². The van der Waals surface area contributed by atoms with Crippen LogP contribution in [0, 0.1) is 13.8 Å². The first kappa shape index (κ1) is 29.4. The first-order valence-corrected chi connectivity index (χ1v) is 13.9. The van der Waals surface area contributed by atoms with Crippen LogP contribution >= 0.6 is 15.9 Å². The first-order valence-electron chi connectivity index (χ1n) is 13.1. The molecule has 0 spiro atoms. The maximum absolute atomic E-state index is 12.6. The van der Waals surface area contributed by atoms with Crippen molar-refractivity contribution in [1.82, 2.24) is 15.2 Å². The van der Waals surface area contributed by atoms with E-state index in [9.17, 15) is 9.59 Å². The van der Waals surface area contributed by atoms with Crippen LogP contribution in [0.5, 0.6) is 0 Å². The van der Waals surface area contributed by atoms with Crippen LogP contribution in [0.4, 0.5) is 5.69 Å². The molecular formula is C31H39BrN4O2. The third-order valence-electron chi connectivity index (χ3n) is 6.51. The predicted molar refractivity (Wildman–Crippen MR) is 162 cm³/mol. The van der Waals surface area contributed by atoms with Gasteiger partial charge >= 0.3 is 0 Å². The molecule has 202 valence electrons. The van der Waals surface area contributed by atoms with E-state index >= 15 is 0 Å². The number of anilines is 1. The van der Waals surface area contributed by atoms with E-state index in [1.165, 1.54) is 0 Å². The van der Waals surface area contributed by atoms with Gasteiger partial charge in [0.15, 0.2) is 0 Å². The van der Waals surface area contributed by atoms with Crippen molar-refractivity contribution in [1.29, 1.82) is 0 Å². The normalized spacial score (nSPS) is 13.6. The standard InChI is InChI=1S/C21H17BrN2O.C10H22N2O/c1-12-9-13(2)23-19(12)11-17-20-16(14-5-3-6-15(22)10-14)7-4-8-18(20)24-21(17)25;1-8(2)12(9(3)4)7-6-11-10(5)13/h3-11,23H,1-2H3,(H,24,25);8-9H,6-7H2,1-5H3,(H,11,13)/b17-11-;. The van der Waals surface area contributed by atoms with Crippen LogP contribution in [0.1, 0.15) is 57.1 Å². The monoisotopic (exact) mass is 578 g/mol. The topological polar surface area (TPSA) is 77.2 Å². The fourth-order valence-corrected chi connectivity index (χ4v) is 5.20. The molecule has 0 aliphatic carbocycles. The summed E-state index contributed by atoms with van der Waals surface area (Å²) in [4.78, 5) is 28.9. The summed E-state index contributed by atoms with van der Waals surface area (Å²) in [7, 11) is 0. The van der Waals surface area contributed by atoms with Gasteiger partial charge in [0.25, 0.3) is 5.91 Å². The van der Waals surface area contributed by atoms with Crippen molar-refractivity contribution < 1.29 is 9.59 Å². The summed E-state index contributed by atoms with van der Waals surface area (Å²) in [6.07, 6.45) is 1.95. The molecule has 3 aromatic rings. The van der Waals surface area contributed by atoms with Crippen molar-refractivity contribution in [2.75, 3.05) is 18.4 Å². The van der Waals surface area contributed by atoms with Gasteiger partial charge in [-0.2, -0.15) is 0 Å². The Kier molecular flexibility index (Phi) is 10.1. The maximum atomic E-state index is 12.6. The number of aromatic nitrogens is 1. The Labute approximate surface area is 235 Å². The fourth-order valence-electron chi connectivity index (χ4n) is 4.80. The van der Waals surface area contributed by atoms with Gasteiger partial charge in [-0.1, -0.05) is 40.2 Å². The molecule has 7 heteroatoms. The van der Waals surface area contributed by atoms with E-state index in [0.717, 1.165) is 56.9 Å². The highest BCUT2D eigenvalue weighted by atomic mass is 79.9. The Balaban J connectivity index is 0.000000263. The Hall–Kier alpha value is -3.16. The second kappa shape index (κ2) is 13.1. The number of amides is 2. The minimum atomic E-state index is -0.0656. The molecule has 0 atom stereocenters. The Morgan fingerprint density at radius 3 is 2.32 bits per heavy atom. The molecule has 2 aromatic carbocycles. The summed E-state index contributed by atoms with van der Waals surface area (Å²) < 4.78 is 1.02. The van der Waals surface area contributed by atoms with Gasteiger partial charge in [0.05, 0.1) is 5.57 Å². The largest absolute Gasteiger partial charge is 0.359 e. The summed E-state index contributed by atoms with van der Waals surface area (Å²) in [6.45, 7) is 16.0. The first-order chi connectivity index (χ1) is 18.0. The minimum Gasteiger partial charge on any atom is -0.359 e. The van der Waals surface area contributed by atoms with Gasteiger partial charge in [0, 0.05) is 59.2 Å². The van der Waals surface area contributed by atoms with Crippen molar-refractivity contribution in [3.05, 3.63) is 75.5 Å². The van der Waals surface area contributed by atoms with Gasteiger partial charge < -0.3 is 15.6 Å². The highest BCUT2D eigenvalue weighted by Crippen LogP contribution is 2.41. The van der Waals surface area contributed by atoms with Gasteiger partial charge in [0.1, 0.15) is 0 Å². The van der Waals surface area contributed by atoms with Gasteiger partial charge in [-0.3, -0.25) is 14.5 Å². The van der Waals surface area contributed by atoms with Crippen LogP contribution in [0.15, 0.2) is 53.0 Å². The number of carbonyl (C=O) groups excluding carboxylic acids is 2. The molecule has 1 aromatic heterocycles. The fraction of sp³-hybridized carbons (Fsp3) is 0.355. The van der Waals surface area contributed by atoms with Gasteiger partial charge in [-0.05, 0) is 88.6 Å². The van der Waals surface area contributed by atoms with E-state index in [0.29, 0.717) is 17.7 Å². The molecule has 4 rings (SSSR count). The number of hydrogen-bond acceptors (Lipinski definition) is 3. The number of aromatic amines is 1. The lowest BCUT2D eigenvalue weighted by Gasteiger charge is -2.30. The molecule has 0 fully saturated rings. The average molecular weight is 580 g/mol. The zero-order valence-electron chi connectivity index (χ0n) is 23.4. The summed E-state index contributed by atoms with van der Waals surface area (Å²) in [5.41, 5.74) is 7.81. The number of H-pyrrole nitrogens is 1. The number of carbonyl (C=O) groups is 2. The molecule has 2 heterocycles. The molecule has 38 heavy (non-hydrogen) atoms. The van der Waals surface area contributed by atoms with Gasteiger partial charge in [-0.25, -0.2) is 0 Å². The lowest BCUT2D eigenvalue weighted by Crippen LogP contribution is -2.42. The Bertz CT molecular complexity index is 1320. The van der Waals surface area contributed by atoms with E-state index in [1.807, 2.05) is 44.2 Å². The van der Waals surface area contributed by atoms with E-state index in [-0.39, 0.29) is 11.8 Å². The molecule has 1 aliphatic rings. The zero-order valence-corrected chi connectivity index (χ0v) is 25.0.